The van der Waals surface area contributed by atoms with Gasteiger partial charge in [0.2, 0.25) is 5.95 Å². The molecule has 1 aromatic heterocycles. The molecule has 1 saturated heterocycles. The van der Waals surface area contributed by atoms with Gasteiger partial charge in [-0.2, -0.15) is 4.98 Å². The third-order valence-corrected chi connectivity index (χ3v) is 5.64. The van der Waals surface area contributed by atoms with Gasteiger partial charge >= 0.3 is 6.03 Å². The molecule has 172 valence electrons. The number of anilines is 4. The Bertz CT molecular complexity index is 1120. The predicted octanol–water partition coefficient (Wildman–Crippen LogP) is 4.51. The summed E-state index contributed by atoms with van der Waals surface area (Å²) in [4.78, 5) is 26.1. The molecule has 0 aliphatic carbocycles. The highest BCUT2D eigenvalue weighted by atomic mass is 16.5. The Balaban J connectivity index is 1.39. The van der Waals surface area contributed by atoms with Gasteiger partial charge in [0.15, 0.2) is 0 Å². The van der Waals surface area contributed by atoms with E-state index in [1.54, 1.807) is 7.11 Å². The third-order valence-electron chi connectivity index (χ3n) is 5.64. The van der Waals surface area contributed by atoms with Gasteiger partial charge in [0.1, 0.15) is 11.6 Å². The topological polar surface area (TPSA) is 82.6 Å². The second kappa shape index (κ2) is 9.77. The molecule has 2 amide bonds. The molecule has 33 heavy (non-hydrogen) atoms. The van der Waals surface area contributed by atoms with E-state index >= 15 is 0 Å². The summed E-state index contributed by atoms with van der Waals surface area (Å²) in [7, 11) is 1.60. The van der Waals surface area contributed by atoms with Crippen molar-refractivity contribution in [2.24, 2.45) is 0 Å². The van der Waals surface area contributed by atoms with E-state index in [0.29, 0.717) is 43.6 Å². The zero-order valence-electron chi connectivity index (χ0n) is 19.6. The second-order valence-electron chi connectivity index (χ2n) is 8.29. The monoisotopic (exact) mass is 446 g/mol. The summed E-state index contributed by atoms with van der Waals surface area (Å²) in [6.45, 7) is 8.59. The van der Waals surface area contributed by atoms with Gasteiger partial charge in [-0.05, 0) is 50.6 Å². The molecular weight excluding hydrogens is 416 g/mol. The lowest BCUT2D eigenvalue weighted by Crippen LogP contribution is -2.50. The fourth-order valence-corrected chi connectivity index (χ4v) is 3.79. The van der Waals surface area contributed by atoms with Gasteiger partial charge in [-0.25, -0.2) is 9.78 Å². The first-order valence-corrected chi connectivity index (χ1v) is 11.1. The summed E-state index contributed by atoms with van der Waals surface area (Å²) in [5, 5.41) is 6.27. The van der Waals surface area contributed by atoms with Crippen LogP contribution in [0.25, 0.3) is 0 Å². The Morgan fingerprint density at radius 3 is 2.30 bits per heavy atom. The van der Waals surface area contributed by atoms with Crippen LogP contribution in [0.2, 0.25) is 0 Å². The lowest BCUT2D eigenvalue weighted by Gasteiger charge is -2.35. The van der Waals surface area contributed by atoms with Crippen molar-refractivity contribution < 1.29 is 9.53 Å². The Labute approximate surface area is 194 Å². The summed E-state index contributed by atoms with van der Waals surface area (Å²) >= 11 is 0. The van der Waals surface area contributed by atoms with Crippen molar-refractivity contribution in [2.75, 3.05) is 48.8 Å². The smallest absolute Gasteiger partial charge is 0.322 e. The molecule has 0 unspecified atom stereocenters. The van der Waals surface area contributed by atoms with Crippen LogP contribution in [0.1, 0.15) is 16.8 Å². The van der Waals surface area contributed by atoms with Crippen LogP contribution in [0.5, 0.6) is 5.75 Å². The molecule has 1 aliphatic rings. The van der Waals surface area contributed by atoms with Gasteiger partial charge in [0.05, 0.1) is 12.8 Å². The number of aromatic nitrogens is 2. The Morgan fingerprint density at radius 1 is 0.909 bits per heavy atom. The predicted molar refractivity (Wildman–Crippen MR) is 132 cm³/mol. The maximum Gasteiger partial charge on any atom is 0.322 e. The number of amides is 2. The number of nitrogens with zero attached hydrogens (tertiary/aromatic N) is 4. The van der Waals surface area contributed by atoms with Crippen molar-refractivity contribution in [2.45, 2.75) is 20.8 Å². The van der Waals surface area contributed by atoms with E-state index in [2.05, 4.69) is 39.6 Å². The second-order valence-corrected chi connectivity index (χ2v) is 8.29. The number of hydrogen-bond donors (Lipinski definition) is 2. The Kier molecular flexibility index (Phi) is 6.63. The number of ether oxygens (including phenoxy) is 1. The van der Waals surface area contributed by atoms with E-state index in [0.717, 1.165) is 22.8 Å². The minimum absolute atomic E-state index is 0.126. The summed E-state index contributed by atoms with van der Waals surface area (Å²) in [5.41, 5.74) is 4.79. The van der Waals surface area contributed by atoms with Crippen LogP contribution in [0.3, 0.4) is 0 Å². The first-order chi connectivity index (χ1) is 15.9. The normalized spacial score (nSPS) is 13.6. The van der Waals surface area contributed by atoms with Gasteiger partial charge in [0.25, 0.3) is 0 Å². The number of piperazine rings is 1. The zero-order chi connectivity index (χ0) is 23.4. The average Bonchev–Trinajstić information content (AvgIpc) is 2.80. The largest absolute Gasteiger partial charge is 0.495 e. The standard InChI is InChI=1S/C25H30N6O2/c1-17-5-8-20(9-6-17)27-24-26-19(3)16-23(29-24)30-11-13-31(14-12-30)25(32)28-21-15-18(2)7-10-22(21)33-4/h5-10,15-16H,11-14H2,1-4H3,(H,28,32)(H,26,27,29). The van der Waals surface area contributed by atoms with Crippen molar-refractivity contribution in [3.8, 4) is 5.75 Å². The van der Waals surface area contributed by atoms with E-state index in [9.17, 15) is 4.79 Å². The summed E-state index contributed by atoms with van der Waals surface area (Å²) in [6, 6.07) is 15.7. The van der Waals surface area contributed by atoms with E-state index in [-0.39, 0.29) is 6.03 Å². The zero-order valence-corrected chi connectivity index (χ0v) is 19.6. The SMILES string of the molecule is COc1ccc(C)cc1NC(=O)N1CCN(c2cc(C)nc(Nc3ccc(C)cc3)n2)CC1. The Morgan fingerprint density at radius 2 is 1.61 bits per heavy atom. The molecule has 4 rings (SSSR count). The van der Waals surface area contributed by atoms with Gasteiger partial charge in [0, 0.05) is 43.6 Å². The molecule has 3 aromatic rings. The lowest BCUT2D eigenvalue weighted by atomic mass is 10.2. The van der Waals surface area contributed by atoms with Crippen molar-refractivity contribution in [1.82, 2.24) is 14.9 Å². The fraction of sp³-hybridized carbons (Fsp3) is 0.320. The van der Waals surface area contributed by atoms with Crippen LogP contribution in [0.15, 0.2) is 48.5 Å². The van der Waals surface area contributed by atoms with Crippen LogP contribution in [-0.2, 0) is 0 Å². The number of aryl methyl sites for hydroxylation is 3. The van der Waals surface area contributed by atoms with Crippen LogP contribution in [0.4, 0.5) is 27.9 Å². The highest BCUT2D eigenvalue weighted by molar-refractivity contribution is 5.91. The number of methoxy groups -OCH3 is 1. The number of urea groups is 1. The quantitative estimate of drug-likeness (QED) is 0.600. The molecule has 1 fully saturated rings. The first kappa shape index (κ1) is 22.4. The highest BCUT2D eigenvalue weighted by Gasteiger charge is 2.23. The average molecular weight is 447 g/mol. The minimum Gasteiger partial charge on any atom is -0.495 e. The molecule has 2 aromatic carbocycles. The van der Waals surface area contributed by atoms with E-state index in [1.807, 2.05) is 55.1 Å². The molecule has 0 saturated carbocycles. The summed E-state index contributed by atoms with van der Waals surface area (Å²) < 4.78 is 5.37. The fourth-order valence-electron chi connectivity index (χ4n) is 3.79. The number of carbonyl (C=O) groups excluding carboxylic acids is 1. The van der Waals surface area contributed by atoms with Gasteiger partial charge in [-0.15, -0.1) is 0 Å². The van der Waals surface area contributed by atoms with Crippen LogP contribution in [0, 0.1) is 20.8 Å². The molecule has 0 bridgehead atoms. The molecule has 8 heteroatoms. The molecule has 8 nitrogen and oxygen atoms in total. The summed E-state index contributed by atoms with van der Waals surface area (Å²) in [5.74, 6) is 2.08. The molecule has 1 aliphatic heterocycles. The van der Waals surface area contributed by atoms with E-state index in [1.165, 1.54) is 5.56 Å². The van der Waals surface area contributed by atoms with Crippen molar-refractivity contribution in [3.63, 3.8) is 0 Å². The minimum atomic E-state index is -0.126. The van der Waals surface area contributed by atoms with Crippen molar-refractivity contribution in [3.05, 3.63) is 65.4 Å². The Hall–Kier alpha value is -3.81. The van der Waals surface area contributed by atoms with Gasteiger partial charge in [-0.3, -0.25) is 0 Å². The first-order valence-electron chi connectivity index (χ1n) is 11.1. The van der Waals surface area contributed by atoms with Crippen molar-refractivity contribution >= 4 is 29.2 Å². The highest BCUT2D eigenvalue weighted by Crippen LogP contribution is 2.26. The van der Waals surface area contributed by atoms with Gasteiger partial charge < -0.3 is 25.2 Å². The van der Waals surface area contributed by atoms with Crippen LogP contribution in [-0.4, -0.2) is 54.2 Å². The third kappa shape index (κ3) is 5.52. The number of nitrogens with one attached hydrogen (secondary N) is 2. The molecule has 2 heterocycles. The molecule has 2 N–H and O–H groups in total. The molecule has 0 radical (unpaired) electrons. The maximum atomic E-state index is 12.8. The van der Waals surface area contributed by atoms with Crippen molar-refractivity contribution in [1.29, 1.82) is 0 Å². The maximum absolute atomic E-state index is 12.8. The number of benzene rings is 2. The number of hydrogen-bond acceptors (Lipinski definition) is 6. The molecule has 0 spiro atoms. The van der Waals surface area contributed by atoms with E-state index in [4.69, 9.17) is 9.72 Å². The molecule has 0 atom stereocenters. The van der Waals surface area contributed by atoms with Crippen LogP contribution < -0.4 is 20.3 Å². The van der Waals surface area contributed by atoms with Gasteiger partial charge in [-0.1, -0.05) is 23.8 Å². The summed E-state index contributed by atoms with van der Waals surface area (Å²) in [6.07, 6.45) is 0. The number of rotatable bonds is 5. The lowest BCUT2D eigenvalue weighted by molar-refractivity contribution is 0.208. The number of carbonyl (C=O) groups is 1. The molecular formula is C25H30N6O2. The van der Waals surface area contributed by atoms with E-state index < -0.39 is 0 Å². The van der Waals surface area contributed by atoms with Crippen LogP contribution >= 0.6 is 0 Å².